The number of piperazine rings is 1. The number of carbonyl (C=O) groups excluding carboxylic acids is 1. The maximum atomic E-state index is 13.0. The first-order chi connectivity index (χ1) is 10.1. The van der Waals surface area contributed by atoms with Gasteiger partial charge in [0, 0.05) is 30.6 Å². The average Bonchev–Trinajstić information content (AvgIpc) is 2.97. The molecule has 1 aliphatic rings. The molecule has 5 heteroatoms. The molecule has 1 aliphatic heterocycles. The summed E-state index contributed by atoms with van der Waals surface area (Å²) in [5, 5.41) is 3.33. The van der Waals surface area contributed by atoms with Gasteiger partial charge >= 0.3 is 0 Å². The highest BCUT2D eigenvalue weighted by molar-refractivity contribution is 7.17. The van der Waals surface area contributed by atoms with E-state index in [1.54, 1.807) is 12.1 Å². The number of halogens is 1. The summed E-state index contributed by atoms with van der Waals surface area (Å²) in [5.74, 6) is -0.164. The lowest BCUT2D eigenvalue weighted by Gasteiger charge is -2.31. The zero-order valence-corrected chi connectivity index (χ0v) is 12.6. The third kappa shape index (κ3) is 3.14. The first kappa shape index (κ1) is 14.2. The molecule has 0 radical (unpaired) electrons. The van der Waals surface area contributed by atoms with Gasteiger partial charge in [-0.05, 0) is 36.8 Å². The molecule has 2 heterocycles. The van der Waals surface area contributed by atoms with Crippen molar-refractivity contribution in [2.24, 2.45) is 0 Å². The molecular weight excluding hydrogens is 287 g/mol. The first-order valence-electron chi connectivity index (χ1n) is 7.02. The third-order valence-corrected chi connectivity index (χ3v) is 4.72. The Hall–Kier alpha value is -1.72. The van der Waals surface area contributed by atoms with Gasteiger partial charge in [0.25, 0.3) is 5.91 Å². The van der Waals surface area contributed by atoms with Gasteiger partial charge in [0.2, 0.25) is 0 Å². The summed E-state index contributed by atoms with van der Waals surface area (Å²) >= 11 is 1.46. The minimum Gasteiger partial charge on any atom is -0.335 e. The SMILES string of the molecule is CC1CN(C(=O)c2ccc(-c3ccc(F)cc3)s2)CCN1. The van der Waals surface area contributed by atoms with Gasteiger partial charge in [0.15, 0.2) is 0 Å². The van der Waals surface area contributed by atoms with E-state index >= 15 is 0 Å². The molecule has 21 heavy (non-hydrogen) atoms. The molecule has 1 amide bonds. The molecule has 110 valence electrons. The fourth-order valence-corrected chi connectivity index (χ4v) is 3.47. The highest BCUT2D eigenvalue weighted by Crippen LogP contribution is 2.29. The molecule has 1 fully saturated rings. The predicted octanol–water partition coefficient (Wildman–Crippen LogP) is 2.99. The predicted molar refractivity (Wildman–Crippen MR) is 83.1 cm³/mol. The summed E-state index contributed by atoms with van der Waals surface area (Å²) in [7, 11) is 0. The maximum Gasteiger partial charge on any atom is 0.264 e. The molecule has 0 saturated carbocycles. The number of benzene rings is 1. The van der Waals surface area contributed by atoms with Gasteiger partial charge in [-0.3, -0.25) is 4.79 Å². The van der Waals surface area contributed by atoms with Crippen LogP contribution in [0.25, 0.3) is 10.4 Å². The van der Waals surface area contributed by atoms with Crippen LogP contribution >= 0.6 is 11.3 Å². The number of rotatable bonds is 2. The Kier molecular flexibility index (Phi) is 4.03. The zero-order valence-electron chi connectivity index (χ0n) is 11.8. The molecule has 1 atom stereocenters. The van der Waals surface area contributed by atoms with Crippen molar-refractivity contribution in [1.29, 1.82) is 0 Å². The van der Waals surface area contributed by atoms with E-state index < -0.39 is 0 Å². The van der Waals surface area contributed by atoms with Gasteiger partial charge in [-0.15, -0.1) is 11.3 Å². The first-order valence-corrected chi connectivity index (χ1v) is 7.83. The molecule has 0 spiro atoms. The van der Waals surface area contributed by atoms with Crippen LogP contribution in [0.5, 0.6) is 0 Å². The Balaban J connectivity index is 1.78. The Morgan fingerprint density at radius 3 is 2.76 bits per heavy atom. The second kappa shape index (κ2) is 5.95. The number of hydrogen-bond donors (Lipinski definition) is 1. The molecule has 1 aromatic carbocycles. The molecule has 3 rings (SSSR count). The van der Waals surface area contributed by atoms with Gasteiger partial charge < -0.3 is 10.2 Å². The van der Waals surface area contributed by atoms with Crippen molar-refractivity contribution in [2.75, 3.05) is 19.6 Å². The summed E-state index contributed by atoms with van der Waals surface area (Å²) in [4.78, 5) is 16.1. The molecule has 3 nitrogen and oxygen atoms in total. The molecule has 2 aromatic rings. The minimum absolute atomic E-state index is 0.0849. The molecule has 1 N–H and O–H groups in total. The van der Waals surface area contributed by atoms with Crippen molar-refractivity contribution >= 4 is 17.2 Å². The molecule has 1 aromatic heterocycles. The van der Waals surface area contributed by atoms with Crippen molar-refractivity contribution < 1.29 is 9.18 Å². The Bertz CT molecular complexity index is 638. The van der Waals surface area contributed by atoms with Crippen LogP contribution in [-0.4, -0.2) is 36.5 Å². The van der Waals surface area contributed by atoms with Crippen molar-refractivity contribution in [3.05, 3.63) is 47.1 Å². The highest BCUT2D eigenvalue weighted by Gasteiger charge is 2.22. The average molecular weight is 304 g/mol. The van der Waals surface area contributed by atoms with Crippen molar-refractivity contribution in [3.63, 3.8) is 0 Å². The number of thiophene rings is 1. The fourth-order valence-electron chi connectivity index (χ4n) is 2.49. The second-order valence-corrected chi connectivity index (χ2v) is 6.36. The van der Waals surface area contributed by atoms with Crippen LogP contribution in [0.3, 0.4) is 0 Å². The van der Waals surface area contributed by atoms with Gasteiger partial charge in [-0.2, -0.15) is 0 Å². The summed E-state index contributed by atoms with van der Waals surface area (Å²) in [6.45, 7) is 4.40. The van der Waals surface area contributed by atoms with Crippen LogP contribution in [0.4, 0.5) is 4.39 Å². The molecular formula is C16H17FN2OS. The van der Waals surface area contributed by atoms with E-state index in [0.29, 0.717) is 6.04 Å². The summed E-state index contributed by atoms with van der Waals surface area (Å²) in [6, 6.07) is 10.5. The summed E-state index contributed by atoms with van der Waals surface area (Å²) in [6.07, 6.45) is 0. The van der Waals surface area contributed by atoms with Gasteiger partial charge in [0.05, 0.1) is 4.88 Å². The topological polar surface area (TPSA) is 32.3 Å². The van der Waals surface area contributed by atoms with E-state index in [1.807, 2.05) is 17.0 Å². The lowest BCUT2D eigenvalue weighted by molar-refractivity contribution is 0.0714. The normalized spacial score (nSPS) is 18.8. The summed E-state index contributed by atoms with van der Waals surface area (Å²) in [5.41, 5.74) is 0.939. The smallest absolute Gasteiger partial charge is 0.264 e. The van der Waals surface area contributed by atoms with Gasteiger partial charge in [-0.25, -0.2) is 4.39 Å². The number of hydrogen-bond acceptors (Lipinski definition) is 3. The Labute approximate surface area is 127 Å². The quantitative estimate of drug-likeness (QED) is 0.925. The van der Waals surface area contributed by atoms with E-state index in [-0.39, 0.29) is 11.7 Å². The number of amides is 1. The van der Waals surface area contributed by atoms with E-state index in [2.05, 4.69) is 12.2 Å². The van der Waals surface area contributed by atoms with Crippen LogP contribution in [0, 0.1) is 5.82 Å². The van der Waals surface area contributed by atoms with E-state index in [4.69, 9.17) is 0 Å². The maximum absolute atomic E-state index is 13.0. The Morgan fingerprint density at radius 2 is 2.05 bits per heavy atom. The van der Waals surface area contributed by atoms with Crippen LogP contribution in [0.1, 0.15) is 16.6 Å². The molecule has 0 aliphatic carbocycles. The second-order valence-electron chi connectivity index (χ2n) is 5.28. The van der Waals surface area contributed by atoms with Crippen LogP contribution in [-0.2, 0) is 0 Å². The Morgan fingerprint density at radius 1 is 1.29 bits per heavy atom. The number of nitrogens with one attached hydrogen (secondary N) is 1. The van der Waals surface area contributed by atoms with Crippen molar-refractivity contribution in [3.8, 4) is 10.4 Å². The van der Waals surface area contributed by atoms with Gasteiger partial charge in [0.1, 0.15) is 5.82 Å². The molecule has 1 saturated heterocycles. The zero-order chi connectivity index (χ0) is 14.8. The standard InChI is InChI=1S/C16H17FN2OS/c1-11-10-19(9-8-18-11)16(20)15-7-6-14(21-15)12-2-4-13(17)5-3-12/h2-7,11,18H,8-10H2,1H3. The van der Waals surface area contributed by atoms with Crippen LogP contribution in [0.15, 0.2) is 36.4 Å². The van der Waals surface area contributed by atoms with Crippen LogP contribution < -0.4 is 5.32 Å². The fraction of sp³-hybridized carbons (Fsp3) is 0.312. The largest absolute Gasteiger partial charge is 0.335 e. The van der Waals surface area contributed by atoms with Gasteiger partial charge in [-0.1, -0.05) is 12.1 Å². The van der Waals surface area contributed by atoms with E-state index in [1.165, 1.54) is 23.5 Å². The monoisotopic (exact) mass is 304 g/mol. The lowest BCUT2D eigenvalue weighted by atomic mass is 10.2. The minimum atomic E-state index is -0.249. The molecule has 0 bridgehead atoms. The number of carbonyl (C=O) groups is 1. The van der Waals surface area contributed by atoms with E-state index in [9.17, 15) is 9.18 Å². The highest BCUT2D eigenvalue weighted by atomic mass is 32.1. The molecule has 1 unspecified atom stereocenters. The van der Waals surface area contributed by atoms with Crippen LogP contribution in [0.2, 0.25) is 0 Å². The summed E-state index contributed by atoms with van der Waals surface area (Å²) < 4.78 is 13.0. The lowest BCUT2D eigenvalue weighted by Crippen LogP contribution is -2.51. The van der Waals surface area contributed by atoms with Crippen molar-refractivity contribution in [2.45, 2.75) is 13.0 Å². The van der Waals surface area contributed by atoms with E-state index in [0.717, 1.165) is 35.0 Å². The third-order valence-electron chi connectivity index (χ3n) is 3.60. The number of nitrogens with zero attached hydrogens (tertiary/aromatic N) is 1. The van der Waals surface area contributed by atoms with Crippen molar-refractivity contribution in [1.82, 2.24) is 10.2 Å².